The van der Waals surface area contributed by atoms with Crippen LogP contribution < -0.4 is 21.5 Å². The quantitative estimate of drug-likeness (QED) is 0.184. The standard InChI is InChI=1S/C20H20N2O5S.C9H10N2O5/c23-10-15-17(25)18(19(27-15)22-8-7-16(24)21-20(22)26)28-11-12-5-6-13-3-1-2-4-14(13)9-12;12-3-4-6(14)7-8(15-4)11-2-1-5(13)10-9(11)16-7/h1-9,15,17-19,23,25H,10-11H2,(H,21,24,26);1-2,4,6-8,12,14H,3H2/t15-,17+,18?,19-;4-,6+,7?,8-/m11/s1. The molecule has 0 spiro atoms. The van der Waals surface area contributed by atoms with Crippen LogP contribution in [0, 0.1) is 0 Å². The molecule has 2 aromatic carbocycles. The van der Waals surface area contributed by atoms with Crippen molar-refractivity contribution in [3.8, 4) is 6.01 Å². The molecule has 2 unspecified atom stereocenters. The Morgan fingerprint density at radius 1 is 0.841 bits per heavy atom. The molecule has 5 heterocycles. The summed E-state index contributed by atoms with van der Waals surface area (Å²) in [4.78, 5) is 40.4. The number of thioether (sulfide) groups is 1. The number of nitrogens with zero attached hydrogens (tertiary/aromatic N) is 3. The lowest BCUT2D eigenvalue weighted by Gasteiger charge is -2.21. The van der Waals surface area contributed by atoms with Gasteiger partial charge in [0.1, 0.15) is 18.3 Å². The SMILES string of the molecule is O=c1ccn([C@@H]2O[C@H](CO)[C@H](O)C2SCc2ccc3ccccc3c2)c(=O)[nH]1.O=c1ccn2c(n1)OC1[C@@H](O)[C@@H](CO)O[C@H]12. The van der Waals surface area contributed by atoms with Gasteiger partial charge in [0.05, 0.1) is 24.6 Å². The zero-order valence-corrected chi connectivity index (χ0v) is 23.9. The predicted molar refractivity (Wildman–Crippen MR) is 157 cm³/mol. The van der Waals surface area contributed by atoms with E-state index in [0.29, 0.717) is 5.75 Å². The number of aliphatic hydroxyl groups is 4. The van der Waals surface area contributed by atoms with Crippen molar-refractivity contribution in [3.05, 3.63) is 104 Å². The fraction of sp³-hybridized carbons (Fsp3) is 0.379. The molecule has 2 saturated heterocycles. The van der Waals surface area contributed by atoms with Gasteiger partial charge in [-0.1, -0.05) is 42.5 Å². The summed E-state index contributed by atoms with van der Waals surface area (Å²) in [5, 5.41) is 40.6. The van der Waals surface area contributed by atoms with Crippen LogP contribution in [0.3, 0.4) is 0 Å². The molecule has 232 valence electrons. The van der Waals surface area contributed by atoms with E-state index in [1.165, 1.54) is 45.4 Å². The van der Waals surface area contributed by atoms with Crippen LogP contribution >= 0.6 is 11.8 Å². The lowest BCUT2D eigenvalue weighted by Crippen LogP contribution is -2.36. The van der Waals surface area contributed by atoms with Gasteiger partial charge in [0.15, 0.2) is 18.6 Å². The normalized spacial score (nSPS) is 28.6. The molecule has 7 rings (SSSR count). The predicted octanol–water partition coefficient (Wildman–Crippen LogP) is -0.503. The van der Waals surface area contributed by atoms with Crippen molar-refractivity contribution >= 4 is 22.5 Å². The van der Waals surface area contributed by atoms with Gasteiger partial charge in [0, 0.05) is 30.3 Å². The fourth-order valence-corrected chi connectivity index (χ4v) is 6.74. The molecule has 0 saturated carbocycles. The van der Waals surface area contributed by atoms with Crippen LogP contribution in [0.4, 0.5) is 0 Å². The summed E-state index contributed by atoms with van der Waals surface area (Å²) in [7, 11) is 0. The number of hydrogen-bond acceptors (Lipinski definition) is 12. The molecule has 5 N–H and O–H groups in total. The number of aliphatic hydroxyl groups excluding tert-OH is 4. The Morgan fingerprint density at radius 3 is 2.30 bits per heavy atom. The summed E-state index contributed by atoms with van der Waals surface area (Å²) in [5.41, 5.74) is -0.436. The zero-order chi connectivity index (χ0) is 31.0. The summed E-state index contributed by atoms with van der Waals surface area (Å²) < 4.78 is 19.2. The molecule has 8 atom stereocenters. The molecule has 0 amide bonds. The summed E-state index contributed by atoms with van der Waals surface area (Å²) >= 11 is 1.45. The highest BCUT2D eigenvalue weighted by Crippen LogP contribution is 2.39. The lowest BCUT2D eigenvalue weighted by molar-refractivity contribution is -0.0457. The van der Waals surface area contributed by atoms with E-state index in [9.17, 15) is 29.7 Å². The molecule has 0 radical (unpaired) electrons. The van der Waals surface area contributed by atoms with E-state index < -0.39 is 65.0 Å². The molecule has 3 aliphatic heterocycles. The lowest BCUT2D eigenvalue weighted by atomic mass is 10.1. The summed E-state index contributed by atoms with van der Waals surface area (Å²) in [6, 6.07) is 16.9. The second kappa shape index (κ2) is 12.6. The molecule has 3 aliphatic rings. The Balaban J connectivity index is 0.000000181. The van der Waals surface area contributed by atoms with Crippen LogP contribution in [0.15, 0.2) is 81.4 Å². The van der Waals surface area contributed by atoms with Gasteiger partial charge < -0.3 is 34.6 Å². The first-order valence-electron chi connectivity index (χ1n) is 13.8. The van der Waals surface area contributed by atoms with E-state index in [1.54, 1.807) is 0 Å². The van der Waals surface area contributed by atoms with Crippen molar-refractivity contribution in [1.29, 1.82) is 0 Å². The number of H-pyrrole nitrogens is 1. The topological polar surface area (TPSA) is 198 Å². The molecule has 15 heteroatoms. The number of nitrogens with one attached hydrogen (secondary N) is 1. The third-order valence-electron chi connectivity index (χ3n) is 7.69. The second-order valence-electron chi connectivity index (χ2n) is 10.5. The number of ether oxygens (including phenoxy) is 3. The third-order valence-corrected chi connectivity index (χ3v) is 9.08. The molecule has 2 fully saturated rings. The maximum Gasteiger partial charge on any atom is 0.330 e. The van der Waals surface area contributed by atoms with Crippen LogP contribution in [0.5, 0.6) is 6.01 Å². The molecule has 0 aliphatic carbocycles. The van der Waals surface area contributed by atoms with E-state index in [1.807, 2.05) is 36.4 Å². The molecule has 4 aromatic rings. The maximum atomic E-state index is 12.2. The Kier molecular flexibility index (Phi) is 8.68. The van der Waals surface area contributed by atoms with E-state index in [4.69, 9.17) is 19.3 Å². The number of rotatable bonds is 6. The van der Waals surface area contributed by atoms with Crippen LogP contribution in [-0.4, -0.2) is 88.5 Å². The van der Waals surface area contributed by atoms with Gasteiger partial charge in [-0.05, 0) is 16.3 Å². The Bertz CT molecular complexity index is 1810. The van der Waals surface area contributed by atoms with Crippen molar-refractivity contribution in [1.82, 2.24) is 19.1 Å². The van der Waals surface area contributed by atoms with Gasteiger partial charge in [-0.15, -0.1) is 11.8 Å². The van der Waals surface area contributed by atoms with Crippen molar-refractivity contribution in [2.45, 2.75) is 54.0 Å². The number of hydrogen-bond donors (Lipinski definition) is 5. The third kappa shape index (κ3) is 5.82. The minimum absolute atomic E-state index is 0.137. The van der Waals surface area contributed by atoms with Crippen molar-refractivity contribution in [2.75, 3.05) is 13.2 Å². The zero-order valence-electron chi connectivity index (χ0n) is 23.1. The monoisotopic (exact) mass is 626 g/mol. The largest absolute Gasteiger partial charge is 0.453 e. The number of aromatic amines is 1. The van der Waals surface area contributed by atoms with Gasteiger partial charge >= 0.3 is 11.7 Å². The average Bonchev–Trinajstić information content (AvgIpc) is 3.65. The molecule has 2 aromatic heterocycles. The average molecular weight is 627 g/mol. The summed E-state index contributed by atoms with van der Waals surface area (Å²) in [6.45, 7) is -0.636. The van der Waals surface area contributed by atoms with E-state index in [-0.39, 0.29) is 19.2 Å². The van der Waals surface area contributed by atoms with E-state index in [0.717, 1.165) is 16.3 Å². The van der Waals surface area contributed by atoms with E-state index >= 15 is 0 Å². The molecular weight excluding hydrogens is 596 g/mol. The maximum absolute atomic E-state index is 12.2. The van der Waals surface area contributed by atoms with Crippen LogP contribution in [0.1, 0.15) is 18.0 Å². The van der Waals surface area contributed by atoms with Crippen molar-refractivity contribution < 1.29 is 34.6 Å². The highest BCUT2D eigenvalue weighted by molar-refractivity contribution is 7.99. The Labute approximate surface area is 253 Å². The van der Waals surface area contributed by atoms with Gasteiger partial charge in [0.2, 0.25) is 0 Å². The molecular formula is C29H30N4O10S. The first-order valence-corrected chi connectivity index (χ1v) is 14.9. The second-order valence-corrected chi connectivity index (χ2v) is 11.7. The molecule has 14 nitrogen and oxygen atoms in total. The molecule has 44 heavy (non-hydrogen) atoms. The fourth-order valence-electron chi connectivity index (χ4n) is 5.44. The van der Waals surface area contributed by atoms with E-state index in [2.05, 4.69) is 16.0 Å². The van der Waals surface area contributed by atoms with Crippen molar-refractivity contribution in [2.24, 2.45) is 0 Å². The van der Waals surface area contributed by atoms with Gasteiger partial charge in [-0.3, -0.25) is 23.7 Å². The van der Waals surface area contributed by atoms with Gasteiger partial charge in [-0.2, -0.15) is 4.98 Å². The van der Waals surface area contributed by atoms with Crippen LogP contribution in [-0.2, 0) is 15.2 Å². The van der Waals surface area contributed by atoms with Gasteiger partial charge in [0.25, 0.3) is 11.1 Å². The first kappa shape index (κ1) is 30.2. The summed E-state index contributed by atoms with van der Waals surface area (Å²) in [6.07, 6.45) is -2.42. The number of fused-ring (bicyclic) bond motifs is 4. The summed E-state index contributed by atoms with van der Waals surface area (Å²) in [5.74, 6) is 0.600. The van der Waals surface area contributed by atoms with Crippen LogP contribution in [0.25, 0.3) is 10.8 Å². The highest BCUT2D eigenvalue weighted by atomic mass is 32.2. The highest BCUT2D eigenvalue weighted by Gasteiger charge is 2.51. The minimum atomic E-state index is -0.945. The number of benzene rings is 2. The van der Waals surface area contributed by atoms with Gasteiger partial charge in [-0.25, -0.2) is 4.79 Å². The Morgan fingerprint density at radius 2 is 1.55 bits per heavy atom. The minimum Gasteiger partial charge on any atom is -0.453 e. The smallest absolute Gasteiger partial charge is 0.330 e. The first-order chi connectivity index (χ1) is 21.3. The Hall–Kier alpha value is -3.83. The molecule has 0 bridgehead atoms. The number of aromatic nitrogens is 4. The van der Waals surface area contributed by atoms with Crippen molar-refractivity contribution in [3.63, 3.8) is 0 Å². The van der Waals surface area contributed by atoms with Crippen LogP contribution in [0.2, 0.25) is 0 Å².